The second-order valence-electron chi connectivity index (χ2n) is 6.83. The molecule has 0 atom stereocenters. The van der Waals surface area contributed by atoms with Gasteiger partial charge in [-0.2, -0.15) is 0 Å². The lowest BCUT2D eigenvalue weighted by atomic mass is 10.0. The summed E-state index contributed by atoms with van der Waals surface area (Å²) in [5.74, 6) is -2.51. The van der Waals surface area contributed by atoms with Crippen LogP contribution in [0.25, 0.3) is 5.57 Å². The number of halogens is 2. The Morgan fingerprint density at radius 1 is 0.833 bits per heavy atom. The van der Waals surface area contributed by atoms with Crippen LogP contribution in [-0.2, 0) is 16.0 Å². The van der Waals surface area contributed by atoms with Crippen LogP contribution in [0, 0.1) is 11.6 Å². The summed E-state index contributed by atoms with van der Waals surface area (Å²) in [6.07, 6.45) is 0.863. The number of anilines is 2. The number of amides is 2. The maximum absolute atomic E-state index is 14.4. The number of carbonyl (C=O) groups is 2. The van der Waals surface area contributed by atoms with Crippen LogP contribution in [0.1, 0.15) is 18.1 Å². The highest BCUT2D eigenvalue weighted by Gasteiger charge is 2.41. The molecule has 150 valence electrons. The van der Waals surface area contributed by atoms with Crippen LogP contribution in [0.3, 0.4) is 0 Å². The number of rotatable bonds is 5. The third kappa shape index (κ3) is 3.48. The van der Waals surface area contributed by atoms with Crippen molar-refractivity contribution >= 4 is 28.8 Å². The molecule has 3 aromatic carbocycles. The molecule has 0 saturated heterocycles. The van der Waals surface area contributed by atoms with E-state index in [0.29, 0.717) is 11.3 Å². The SMILES string of the molecule is CCc1ccc(NC2=C(c3ccc(F)cc3)C(=O)N(c3ccccc3F)C2=O)cc1. The van der Waals surface area contributed by atoms with Crippen molar-refractivity contribution in [3.05, 3.63) is 101 Å². The minimum absolute atomic E-state index is 0.0131. The number of imide groups is 1. The van der Waals surface area contributed by atoms with E-state index >= 15 is 0 Å². The summed E-state index contributed by atoms with van der Waals surface area (Å²) in [5.41, 5.74) is 2.03. The van der Waals surface area contributed by atoms with Crippen LogP contribution in [0.4, 0.5) is 20.2 Å². The van der Waals surface area contributed by atoms with E-state index in [4.69, 9.17) is 0 Å². The van der Waals surface area contributed by atoms with Gasteiger partial charge in [0.1, 0.15) is 17.3 Å². The number of hydrogen-bond acceptors (Lipinski definition) is 3. The highest BCUT2D eigenvalue weighted by atomic mass is 19.1. The molecule has 0 bridgehead atoms. The molecule has 0 spiro atoms. The topological polar surface area (TPSA) is 49.4 Å². The van der Waals surface area contributed by atoms with Gasteiger partial charge in [-0.05, 0) is 53.9 Å². The minimum atomic E-state index is -0.689. The Hall–Kier alpha value is -3.80. The van der Waals surface area contributed by atoms with Crippen LogP contribution in [0.15, 0.2) is 78.5 Å². The number of para-hydroxylation sites is 1. The summed E-state index contributed by atoms with van der Waals surface area (Å²) >= 11 is 0. The molecule has 2 amide bonds. The Labute approximate surface area is 172 Å². The van der Waals surface area contributed by atoms with Crippen molar-refractivity contribution in [1.82, 2.24) is 0 Å². The molecule has 0 aliphatic carbocycles. The standard InChI is InChI=1S/C24H18F2N2O2/c1-2-15-7-13-18(14-8-15)27-22-21(16-9-11-17(25)12-10-16)23(29)28(24(22)30)20-6-4-3-5-19(20)26/h3-14,27H,2H2,1H3. The molecule has 0 radical (unpaired) electrons. The van der Waals surface area contributed by atoms with E-state index in [1.54, 1.807) is 18.2 Å². The molecule has 0 fully saturated rings. The van der Waals surface area contributed by atoms with Gasteiger partial charge in [-0.3, -0.25) is 9.59 Å². The first-order valence-corrected chi connectivity index (χ1v) is 9.49. The van der Waals surface area contributed by atoms with Crippen LogP contribution in [-0.4, -0.2) is 11.8 Å². The first-order chi connectivity index (χ1) is 14.5. The summed E-state index contributed by atoms with van der Waals surface area (Å²) in [6.45, 7) is 2.03. The monoisotopic (exact) mass is 404 g/mol. The number of aryl methyl sites for hydroxylation is 1. The van der Waals surface area contributed by atoms with Gasteiger partial charge < -0.3 is 5.32 Å². The zero-order valence-corrected chi connectivity index (χ0v) is 16.2. The van der Waals surface area contributed by atoms with Crippen molar-refractivity contribution in [2.45, 2.75) is 13.3 Å². The molecule has 1 N–H and O–H groups in total. The first-order valence-electron chi connectivity index (χ1n) is 9.49. The highest BCUT2D eigenvalue weighted by molar-refractivity contribution is 6.46. The van der Waals surface area contributed by atoms with Crippen molar-refractivity contribution < 1.29 is 18.4 Å². The van der Waals surface area contributed by atoms with Crippen LogP contribution in [0.2, 0.25) is 0 Å². The van der Waals surface area contributed by atoms with Crippen molar-refractivity contribution in [3.63, 3.8) is 0 Å². The molecule has 1 aliphatic heterocycles. The predicted octanol–water partition coefficient (Wildman–Crippen LogP) is 4.92. The molecule has 6 heteroatoms. The van der Waals surface area contributed by atoms with Crippen LogP contribution < -0.4 is 10.2 Å². The number of benzene rings is 3. The average Bonchev–Trinajstić information content (AvgIpc) is 2.99. The van der Waals surface area contributed by atoms with Gasteiger partial charge in [0.15, 0.2) is 0 Å². The maximum atomic E-state index is 14.4. The summed E-state index contributed by atoms with van der Waals surface area (Å²) in [6, 6.07) is 18.3. The molecule has 1 heterocycles. The van der Waals surface area contributed by atoms with Crippen molar-refractivity contribution in [2.24, 2.45) is 0 Å². The van der Waals surface area contributed by atoms with E-state index in [9.17, 15) is 18.4 Å². The molecule has 0 unspecified atom stereocenters. The fourth-order valence-electron chi connectivity index (χ4n) is 3.35. The summed E-state index contributed by atoms with van der Waals surface area (Å²) < 4.78 is 27.8. The lowest BCUT2D eigenvalue weighted by Gasteiger charge is -2.16. The van der Waals surface area contributed by atoms with E-state index in [0.717, 1.165) is 16.9 Å². The van der Waals surface area contributed by atoms with Crippen LogP contribution in [0.5, 0.6) is 0 Å². The van der Waals surface area contributed by atoms with Crippen LogP contribution >= 0.6 is 0 Å². The van der Waals surface area contributed by atoms with Gasteiger partial charge in [-0.25, -0.2) is 13.7 Å². The van der Waals surface area contributed by atoms with E-state index < -0.39 is 23.4 Å². The average molecular weight is 404 g/mol. The molecule has 1 aliphatic rings. The zero-order chi connectivity index (χ0) is 21.3. The number of nitrogens with one attached hydrogen (secondary N) is 1. The Morgan fingerprint density at radius 3 is 2.13 bits per heavy atom. The summed E-state index contributed by atoms with van der Waals surface area (Å²) in [5, 5.41) is 3.01. The van der Waals surface area contributed by atoms with Gasteiger partial charge >= 0.3 is 0 Å². The highest BCUT2D eigenvalue weighted by Crippen LogP contribution is 2.34. The minimum Gasteiger partial charge on any atom is -0.350 e. The second kappa shape index (κ2) is 7.91. The fraction of sp³-hybridized carbons (Fsp3) is 0.0833. The maximum Gasteiger partial charge on any atom is 0.282 e. The van der Waals surface area contributed by atoms with Crippen molar-refractivity contribution in [3.8, 4) is 0 Å². The molecule has 3 aromatic rings. The Kier molecular flexibility index (Phi) is 5.14. The van der Waals surface area contributed by atoms with E-state index in [1.807, 2.05) is 19.1 Å². The van der Waals surface area contributed by atoms with Gasteiger partial charge in [0.05, 0.1) is 11.3 Å². The lowest BCUT2D eigenvalue weighted by molar-refractivity contribution is -0.120. The van der Waals surface area contributed by atoms with Gasteiger partial charge in [0, 0.05) is 5.69 Å². The molecule has 0 saturated carbocycles. The quantitative estimate of drug-likeness (QED) is 0.614. The normalized spacial score (nSPS) is 13.9. The molecule has 4 nitrogen and oxygen atoms in total. The summed E-state index contributed by atoms with van der Waals surface area (Å²) in [7, 11) is 0. The molecule has 30 heavy (non-hydrogen) atoms. The third-order valence-electron chi connectivity index (χ3n) is 4.94. The summed E-state index contributed by atoms with van der Waals surface area (Å²) in [4.78, 5) is 27.2. The largest absolute Gasteiger partial charge is 0.350 e. The van der Waals surface area contributed by atoms with Gasteiger partial charge in [-0.15, -0.1) is 0 Å². The Balaban J connectivity index is 1.81. The van der Waals surface area contributed by atoms with E-state index in [-0.39, 0.29) is 17.0 Å². The smallest absolute Gasteiger partial charge is 0.282 e. The molecule has 4 rings (SSSR count). The number of nitrogens with zero attached hydrogens (tertiary/aromatic N) is 1. The second-order valence-corrected chi connectivity index (χ2v) is 6.83. The van der Waals surface area contributed by atoms with Gasteiger partial charge in [0.2, 0.25) is 0 Å². The number of hydrogen-bond donors (Lipinski definition) is 1. The first kappa shape index (κ1) is 19.5. The predicted molar refractivity (Wildman–Crippen MR) is 112 cm³/mol. The fourth-order valence-corrected chi connectivity index (χ4v) is 3.35. The van der Waals surface area contributed by atoms with E-state index in [2.05, 4.69) is 5.32 Å². The lowest BCUT2D eigenvalue weighted by Crippen LogP contribution is -2.33. The van der Waals surface area contributed by atoms with Crippen molar-refractivity contribution in [1.29, 1.82) is 0 Å². The van der Waals surface area contributed by atoms with E-state index in [1.165, 1.54) is 42.5 Å². The van der Waals surface area contributed by atoms with Crippen molar-refractivity contribution in [2.75, 3.05) is 10.2 Å². The molecular weight excluding hydrogens is 386 g/mol. The molecular formula is C24H18F2N2O2. The Morgan fingerprint density at radius 2 is 1.50 bits per heavy atom. The van der Waals surface area contributed by atoms with Gasteiger partial charge in [0.25, 0.3) is 11.8 Å². The Bertz CT molecular complexity index is 1150. The number of carbonyl (C=O) groups excluding carboxylic acids is 2. The molecule has 0 aromatic heterocycles. The van der Waals surface area contributed by atoms with Gasteiger partial charge in [-0.1, -0.05) is 43.3 Å². The third-order valence-corrected chi connectivity index (χ3v) is 4.94. The zero-order valence-electron chi connectivity index (χ0n) is 16.2.